The average molecular weight is 415 g/mol. The maximum Gasteiger partial charge on any atom is 0.268 e. The molecule has 1 atom stereocenters. The Morgan fingerprint density at radius 1 is 1.27 bits per heavy atom. The van der Waals surface area contributed by atoms with Crippen LogP contribution < -0.4 is 5.32 Å². The van der Waals surface area contributed by atoms with Crippen molar-refractivity contribution in [2.24, 2.45) is 0 Å². The Morgan fingerprint density at radius 2 is 2.13 bits per heavy atom. The van der Waals surface area contributed by atoms with Gasteiger partial charge < -0.3 is 19.2 Å². The van der Waals surface area contributed by atoms with Crippen molar-refractivity contribution in [3.63, 3.8) is 0 Å². The van der Waals surface area contributed by atoms with Gasteiger partial charge in [0.15, 0.2) is 17.2 Å². The summed E-state index contributed by atoms with van der Waals surface area (Å²) in [6.07, 6.45) is 6.14. The van der Waals surface area contributed by atoms with Gasteiger partial charge in [-0.2, -0.15) is 0 Å². The highest BCUT2D eigenvalue weighted by Gasteiger charge is 2.20. The molecule has 1 fully saturated rings. The van der Waals surface area contributed by atoms with Crippen molar-refractivity contribution in [1.29, 1.82) is 0 Å². The summed E-state index contributed by atoms with van der Waals surface area (Å²) in [6, 6.07) is 8.03. The molecule has 2 aromatic heterocycles. The Balaban J connectivity index is 1.44. The number of aromatic nitrogens is 1. The molecule has 1 aromatic carbocycles. The van der Waals surface area contributed by atoms with Crippen LogP contribution in [0.3, 0.4) is 0 Å². The van der Waals surface area contributed by atoms with Crippen LogP contribution in [0.25, 0.3) is 11.1 Å². The van der Waals surface area contributed by atoms with E-state index in [1.807, 2.05) is 0 Å². The topological polar surface area (TPSA) is 50.4 Å². The third-order valence-corrected chi connectivity index (χ3v) is 5.96. The monoisotopic (exact) mass is 415 g/mol. The van der Waals surface area contributed by atoms with Gasteiger partial charge in [0.05, 0.1) is 18.3 Å². The van der Waals surface area contributed by atoms with Crippen molar-refractivity contribution in [1.82, 2.24) is 14.8 Å². The van der Waals surface area contributed by atoms with Gasteiger partial charge in [-0.1, -0.05) is 18.6 Å². The lowest BCUT2D eigenvalue weighted by molar-refractivity contribution is 0.0940. The first-order valence-corrected chi connectivity index (χ1v) is 10.6. The molecule has 0 radical (unpaired) electrons. The smallest absolute Gasteiger partial charge is 0.268 e. The molecular formula is C23H27F2N3O2. The Bertz CT molecular complexity index is 1030. The van der Waals surface area contributed by atoms with Crippen LogP contribution in [0, 0.1) is 11.6 Å². The summed E-state index contributed by atoms with van der Waals surface area (Å²) in [5, 5.41) is 2.96. The second-order valence-corrected chi connectivity index (χ2v) is 7.99. The molecule has 7 heteroatoms. The molecule has 5 nitrogen and oxygen atoms in total. The van der Waals surface area contributed by atoms with Gasteiger partial charge >= 0.3 is 0 Å². The number of furan rings is 1. The summed E-state index contributed by atoms with van der Waals surface area (Å²) in [4.78, 5) is 15.3. The van der Waals surface area contributed by atoms with E-state index in [1.54, 1.807) is 16.7 Å². The molecule has 1 saturated heterocycles. The van der Waals surface area contributed by atoms with E-state index in [2.05, 4.69) is 17.1 Å². The van der Waals surface area contributed by atoms with E-state index in [9.17, 15) is 13.6 Å². The first kappa shape index (κ1) is 20.6. The summed E-state index contributed by atoms with van der Waals surface area (Å²) in [5.74, 6) is -2.05. The van der Waals surface area contributed by atoms with Crippen LogP contribution in [0.15, 0.2) is 41.0 Å². The highest BCUT2D eigenvalue weighted by molar-refractivity contribution is 5.97. The van der Waals surface area contributed by atoms with Crippen molar-refractivity contribution in [2.45, 2.75) is 45.2 Å². The number of hydrogen-bond donors (Lipinski definition) is 1. The average Bonchev–Trinajstić information content (AvgIpc) is 3.32. The third kappa shape index (κ3) is 4.26. The Hall–Kier alpha value is -2.67. The van der Waals surface area contributed by atoms with Crippen molar-refractivity contribution < 1.29 is 18.0 Å². The predicted molar refractivity (Wildman–Crippen MR) is 112 cm³/mol. The molecule has 0 aliphatic carbocycles. The van der Waals surface area contributed by atoms with Gasteiger partial charge in [0.25, 0.3) is 5.91 Å². The van der Waals surface area contributed by atoms with Gasteiger partial charge in [-0.15, -0.1) is 0 Å². The number of carbonyl (C=O) groups excluding carboxylic acids is 1. The molecule has 1 aliphatic heterocycles. The fourth-order valence-corrected chi connectivity index (χ4v) is 4.24. The van der Waals surface area contributed by atoms with Crippen LogP contribution in [0.5, 0.6) is 0 Å². The molecule has 1 aliphatic rings. The molecule has 0 saturated carbocycles. The van der Waals surface area contributed by atoms with Gasteiger partial charge in [-0.3, -0.25) is 4.79 Å². The van der Waals surface area contributed by atoms with E-state index in [0.29, 0.717) is 29.4 Å². The van der Waals surface area contributed by atoms with E-state index in [4.69, 9.17) is 4.42 Å². The number of likely N-dealkylation sites (tertiary alicyclic amines) is 1. The molecule has 1 unspecified atom stereocenters. The normalized spacial score (nSPS) is 17.5. The minimum absolute atomic E-state index is 0.0423. The minimum atomic E-state index is -0.902. The van der Waals surface area contributed by atoms with Gasteiger partial charge in [0, 0.05) is 36.8 Å². The number of piperidine rings is 1. The van der Waals surface area contributed by atoms with Gasteiger partial charge in [0.1, 0.15) is 5.69 Å². The van der Waals surface area contributed by atoms with Crippen LogP contribution >= 0.6 is 0 Å². The maximum absolute atomic E-state index is 14.2. The van der Waals surface area contributed by atoms with Crippen LogP contribution in [0.4, 0.5) is 8.78 Å². The summed E-state index contributed by atoms with van der Waals surface area (Å²) in [5.41, 5.74) is 1.77. The number of benzene rings is 1. The van der Waals surface area contributed by atoms with Gasteiger partial charge in [-0.25, -0.2) is 8.78 Å². The molecule has 160 valence electrons. The van der Waals surface area contributed by atoms with E-state index in [1.165, 1.54) is 37.7 Å². The second kappa shape index (κ2) is 9.00. The number of hydrogen-bond acceptors (Lipinski definition) is 3. The fraction of sp³-hybridized carbons (Fsp3) is 0.435. The van der Waals surface area contributed by atoms with E-state index in [-0.39, 0.29) is 18.0 Å². The number of nitrogens with zero attached hydrogens (tertiary/aromatic N) is 2. The number of rotatable bonds is 7. The molecule has 4 rings (SSSR count). The lowest BCUT2D eigenvalue weighted by atomic mass is 10.0. The van der Waals surface area contributed by atoms with E-state index in [0.717, 1.165) is 25.6 Å². The first-order valence-electron chi connectivity index (χ1n) is 10.6. The van der Waals surface area contributed by atoms with Crippen LogP contribution in [-0.4, -0.2) is 41.1 Å². The zero-order valence-electron chi connectivity index (χ0n) is 17.2. The lowest BCUT2D eigenvalue weighted by Gasteiger charge is -2.33. The van der Waals surface area contributed by atoms with Crippen LogP contribution in [0.2, 0.25) is 0 Å². The highest BCUT2D eigenvalue weighted by Crippen LogP contribution is 2.24. The molecule has 1 N–H and O–H groups in total. The molecule has 30 heavy (non-hydrogen) atoms. The Morgan fingerprint density at radius 3 is 2.97 bits per heavy atom. The number of fused-ring (bicyclic) bond motifs is 1. The zero-order chi connectivity index (χ0) is 21.1. The summed E-state index contributed by atoms with van der Waals surface area (Å²) in [7, 11) is 0. The second-order valence-electron chi connectivity index (χ2n) is 7.99. The summed E-state index contributed by atoms with van der Waals surface area (Å²) >= 11 is 0. The lowest BCUT2D eigenvalue weighted by Crippen LogP contribution is -2.39. The van der Waals surface area contributed by atoms with Gasteiger partial charge in [0.2, 0.25) is 0 Å². The minimum Gasteiger partial charge on any atom is -0.463 e. The van der Waals surface area contributed by atoms with Crippen LogP contribution in [0.1, 0.15) is 48.7 Å². The van der Waals surface area contributed by atoms with E-state index < -0.39 is 11.6 Å². The third-order valence-electron chi connectivity index (χ3n) is 5.96. The standard InChI is InChI=1S/C23H27F2N3O2/c1-16-6-2-3-11-27(16)12-5-10-26-23(29)20-14-21-19(9-13-30-21)28(20)15-17-7-4-8-18(24)22(17)25/h4,7-9,13-14,16H,2-3,5-6,10-12,15H2,1H3,(H,26,29). The van der Waals surface area contributed by atoms with Crippen molar-refractivity contribution in [3.8, 4) is 0 Å². The molecule has 1 amide bonds. The van der Waals surface area contributed by atoms with Crippen molar-refractivity contribution in [3.05, 3.63) is 59.5 Å². The summed E-state index contributed by atoms with van der Waals surface area (Å²) in [6.45, 7) is 4.93. The molecule has 0 spiro atoms. The predicted octanol–water partition coefficient (Wildman–Crippen LogP) is 4.56. The molecular weight excluding hydrogens is 388 g/mol. The quantitative estimate of drug-likeness (QED) is 0.576. The number of nitrogens with one attached hydrogen (secondary N) is 1. The van der Waals surface area contributed by atoms with Crippen molar-refractivity contribution in [2.75, 3.05) is 19.6 Å². The number of carbonyl (C=O) groups is 1. The molecule has 0 bridgehead atoms. The molecule has 3 aromatic rings. The first-order chi connectivity index (χ1) is 14.5. The van der Waals surface area contributed by atoms with Crippen LogP contribution in [-0.2, 0) is 6.54 Å². The number of halogens is 2. The maximum atomic E-state index is 14.2. The largest absolute Gasteiger partial charge is 0.463 e. The van der Waals surface area contributed by atoms with Crippen molar-refractivity contribution >= 4 is 17.0 Å². The Labute approximate surface area is 174 Å². The van der Waals surface area contributed by atoms with E-state index >= 15 is 0 Å². The Kier molecular flexibility index (Phi) is 6.18. The summed E-state index contributed by atoms with van der Waals surface area (Å²) < 4.78 is 34.9. The fourth-order valence-electron chi connectivity index (χ4n) is 4.24. The zero-order valence-corrected chi connectivity index (χ0v) is 17.2. The molecule has 3 heterocycles. The van der Waals surface area contributed by atoms with Gasteiger partial charge in [-0.05, 0) is 38.8 Å². The SMILES string of the molecule is CC1CCCCN1CCCNC(=O)c1cc2occc2n1Cc1cccc(F)c1F. The number of amides is 1. The highest BCUT2D eigenvalue weighted by atomic mass is 19.2.